The summed E-state index contributed by atoms with van der Waals surface area (Å²) in [5.74, 6) is 0.397. The van der Waals surface area contributed by atoms with Crippen molar-refractivity contribution in [2.45, 2.75) is 11.3 Å². The number of ether oxygens (including phenoxy) is 4. The van der Waals surface area contributed by atoms with Gasteiger partial charge in [0.15, 0.2) is 18.1 Å². The summed E-state index contributed by atoms with van der Waals surface area (Å²) >= 11 is 0. The van der Waals surface area contributed by atoms with Crippen molar-refractivity contribution in [1.29, 1.82) is 0 Å². The monoisotopic (exact) mass is 528 g/mol. The van der Waals surface area contributed by atoms with E-state index in [0.717, 1.165) is 5.56 Å². The third-order valence-corrected chi connectivity index (χ3v) is 6.74. The normalized spacial score (nSPS) is 10.9. The molecule has 0 aliphatic rings. The van der Waals surface area contributed by atoms with Gasteiger partial charge in [-0.3, -0.25) is 4.79 Å². The van der Waals surface area contributed by atoms with Crippen LogP contribution in [-0.2, 0) is 26.0 Å². The van der Waals surface area contributed by atoms with Gasteiger partial charge in [0, 0.05) is 6.54 Å². The molecule has 3 aromatic carbocycles. The standard InChI is InChI=1S/C26H28N2O8S/c1-33-23-13-8-18(16-24(23)34-2)14-15-27-37(31,32)20-11-9-19(10-12-20)36-17-25(29)28-22-7-5-4-6-21(22)26(30)35-3/h4-13,16,27H,14-15,17H2,1-3H3,(H,28,29). The van der Waals surface area contributed by atoms with Crippen molar-refractivity contribution < 1.29 is 37.0 Å². The topological polar surface area (TPSA) is 129 Å². The molecule has 0 aromatic heterocycles. The highest BCUT2D eigenvalue weighted by Gasteiger charge is 2.16. The summed E-state index contributed by atoms with van der Waals surface area (Å²) in [4.78, 5) is 24.2. The number of sulfonamides is 1. The number of rotatable bonds is 12. The molecule has 2 N–H and O–H groups in total. The second-order valence-corrected chi connectivity index (χ2v) is 9.45. The summed E-state index contributed by atoms with van der Waals surface area (Å²) in [6.45, 7) is -0.158. The summed E-state index contributed by atoms with van der Waals surface area (Å²) in [5, 5.41) is 2.60. The Labute approximate surface area is 215 Å². The molecule has 11 heteroatoms. The minimum atomic E-state index is -3.75. The van der Waals surface area contributed by atoms with E-state index in [1.54, 1.807) is 37.4 Å². The largest absolute Gasteiger partial charge is 0.493 e. The maximum Gasteiger partial charge on any atom is 0.339 e. The van der Waals surface area contributed by atoms with Gasteiger partial charge in [0.1, 0.15) is 5.75 Å². The molecule has 3 rings (SSSR count). The summed E-state index contributed by atoms with van der Waals surface area (Å²) in [6, 6.07) is 17.5. The van der Waals surface area contributed by atoms with Crippen molar-refractivity contribution in [2.24, 2.45) is 0 Å². The van der Waals surface area contributed by atoms with E-state index in [1.165, 1.54) is 44.6 Å². The highest BCUT2D eigenvalue weighted by molar-refractivity contribution is 7.89. The first-order valence-electron chi connectivity index (χ1n) is 11.2. The maximum atomic E-state index is 12.6. The number of amides is 1. The van der Waals surface area contributed by atoms with Gasteiger partial charge in [-0.2, -0.15) is 0 Å². The second kappa shape index (κ2) is 12.7. The third kappa shape index (κ3) is 7.45. The molecular formula is C26H28N2O8S. The maximum absolute atomic E-state index is 12.6. The van der Waals surface area contributed by atoms with Crippen LogP contribution < -0.4 is 24.2 Å². The fraction of sp³-hybridized carbons (Fsp3) is 0.231. The first kappa shape index (κ1) is 27.5. The number of anilines is 1. The number of para-hydroxylation sites is 1. The Morgan fingerprint density at radius 2 is 1.57 bits per heavy atom. The van der Waals surface area contributed by atoms with Crippen LogP contribution in [0.25, 0.3) is 0 Å². The number of nitrogens with one attached hydrogen (secondary N) is 2. The summed E-state index contributed by atoms with van der Waals surface area (Å²) in [6.07, 6.45) is 0.453. The predicted octanol–water partition coefficient (Wildman–Crippen LogP) is 3.03. The Kier molecular flexibility index (Phi) is 9.47. The van der Waals surface area contributed by atoms with Crippen LogP contribution in [0.4, 0.5) is 5.69 Å². The van der Waals surface area contributed by atoms with Crippen LogP contribution in [0, 0.1) is 0 Å². The van der Waals surface area contributed by atoms with E-state index in [1.807, 2.05) is 6.07 Å². The van der Waals surface area contributed by atoms with Crippen LogP contribution in [0.5, 0.6) is 17.2 Å². The van der Waals surface area contributed by atoms with Crippen LogP contribution in [-0.4, -0.2) is 54.8 Å². The minimum absolute atomic E-state index is 0.0589. The molecule has 0 fully saturated rings. The van der Waals surface area contributed by atoms with Gasteiger partial charge in [0.2, 0.25) is 10.0 Å². The average Bonchev–Trinajstić information content (AvgIpc) is 2.91. The number of carbonyl (C=O) groups excluding carboxylic acids is 2. The molecule has 196 valence electrons. The van der Waals surface area contributed by atoms with E-state index in [0.29, 0.717) is 29.4 Å². The van der Waals surface area contributed by atoms with Gasteiger partial charge in [-0.1, -0.05) is 18.2 Å². The van der Waals surface area contributed by atoms with Gasteiger partial charge in [-0.25, -0.2) is 17.9 Å². The van der Waals surface area contributed by atoms with E-state index in [9.17, 15) is 18.0 Å². The lowest BCUT2D eigenvalue weighted by Gasteiger charge is -2.11. The van der Waals surface area contributed by atoms with Gasteiger partial charge >= 0.3 is 5.97 Å². The number of benzene rings is 3. The molecule has 0 saturated carbocycles. The lowest BCUT2D eigenvalue weighted by molar-refractivity contribution is -0.118. The molecule has 1 amide bonds. The van der Waals surface area contributed by atoms with Crippen LogP contribution in [0.1, 0.15) is 15.9 Å². The van der Waals surface area contributed by atoms with E-state index < -0.39 is 21.9 Å². The molecule has 3 aromatic rings. The van der Waals surface area contributed by atoms with Crippen LogP contribution in [0.2, 0.25) is 0 Å². The molecule has 0 radical (unpaired) electrons. The van der Waals surface area contributed by atoms with E-state index in [2.05, 4.69) is 10.0 Å². The van der Waals surface area contributed by atoms with Gasteiger partial charge in [0.05, 0.1) is 37.5 Å². The Hall–Kier alpha value is -4.09. The zero-order valence-electron chi connectivity index (χ0n) is 20.6. The number of hydrogen-bond donors (Lipinski definition) is 2. The molecule has 37 heavy (non-hydrogen) atoms. The van der Waals surface area contributed by atoms with Crippen LogP contribution in [0.15, 0.2) is 71.6 Å². The summed E-state index contributed by atoms with van der Waals surface area (Å²) in [5.41, 5.74) is 1.40. The Balaban J connectivity index is 1.52. The lowest BCUT2D eigenvalue weighted by atomic mass is 10.1. The zero-order valence-corrected chi connectivity index (χ0v) is 21.5. The number of hydrogen-bond acceptors (Lipinski definition) is 8. The molecule has 10 nitrogen and oxygen atoms in total. The predicted molar refractivity (Wildman–Crippen MR) is 137 cm³/mol. The fourth-order valence-corrected chi connectivity index (χ4v) is 4.41. The zero-order chi connectivity index (χ0) is 26.8. The molecular weight excluding hydrogens is 500 g/mol. The fourth-order valence-electron chi connectivity index (χ4n) is 3.38. The Bertz CT molecular complexity index is 1340. The third-order valence-electron chi connectivity index (χ3n) is 5.26. The molecule has 0 aliphatic carbocycles. The van der Waals surface area contributed by atoms with E-state index >= 15 is 0 Å². The molecule has 0 aliphatic heterocycles. The molecule has 0 unspecified atom stereocenters. The first-order valence-corrected chi connectivity index (χ1v) is 12.7. The smallest absolute Gasteiger partial charge is 0.339 e. The van der Waals surface area contributed by atoms with E-state index in [-0.39, 0.29) is 23.6 Å². The minimum Gasteiger partial charge on any atom is -0.493 e. The van der Waals surface area contributed by atoms with Crippen molar-refractivity contribution in [2.75, 3.05) is 39.8 Å². The second-order valence-electron chi connectivity index (χ2n) is 7.68. The van der Waals surface area contributed by atoms with E-state index in [4.69, 9.17) is 18.9 Å². The average molecular weight is 529 g/mol. The SMILES string of the molecule is COC(=O)c1ccccc1NC(=O)COc1ccc(S(=O)(=O)NCCc2ccc(OC)c(OC)c2)cc1. The molecule has 0 atom stereocenters. The highest BCUT2D eigenvalue weighted by Crippen LogP contribution is 2.27. The number of carbonyl (C=O) groups is 2. The van der Waals surface area contributed by atoms with Crippen molar-refractivity contribution in [1.82, 2.24) is 4.72 Å². The summed E-state index contributed by atoms with van der Waals surface area (Å²) in [7, 11) is 0.585. The molecule has 0 bridgehead atoms. The highest BCUT2D eigenvalue weighted by atomic mass is 32.2. The lowest BCUT2D eigenvalue weighted by Crippen LogP contribution is -2.26. The van der Waals surface area contributed by atoms with Gasteiger partial charge in [-0.15, -0.1) is 0 Å². The van der Waals surface area contributed by atoms with Crippen LogP contribution >= 0.6 is 0 Å². The first-order chi connectivity index (χ1) is 17.8. The van der Waals surface area contributed by atoms with Gasteiger partial charge in [0.25, 0.3) is 5.91 Å². The van der Waals surface area contributed by atoms with Gasteiger partial charge < -0.3 is 24.3 Å². The van der Waals surface area contributed by atoms with Crippen molar-refractivity contribution in [3.8, 4) is 17.2 Å². The molecule has 0 saturated heterocycles. The number of methoxy groups -OCH3 is 3. The quantitative estimate of drug-likeness (QED) is 0.343. The number of esters is 1. The van der Waals surface area contributed by atoms with Crippen molar-refractivity contribution in [3.05, 3.63) is 77.9 Å². The Morgan fingerprint density at radius 3 is 2.24 bits per heavy atom. The summed E-state index contributed by atoms with van der Waals surface area (Å²) < 4.78 is 48.5. The van der Waals surface area contributed by atoms with Crippen LogP contribution in [0.3, 0.4) is 0 Å². The molecule has 0 heterocycles. The van der Waals surface area contributed by atoms with Gasteiger partial charge in [-0.05, 0) is 60.5 Å². The van der Waals surface area contributed by atoms with Crippen molar-refractivity contribution in [3.63, 3.8) is 0 Å². The Morgan fingerprint density at radius 1 is 0.865 bits per heavy atom. The molecule has 0 spiro atoms. The van der Waals surface area contributed by atoms with Crippen molar-refractivity contribution >= 4 is 27.6 Å².